The number of benzene rings is 1. The molecule has 112 valence electrons. The van der Waals surface area contributed by atoms with Crippen LogP contribution < -0.4 is 5.32 Å². The van der Waals surface area contributed by atoms with E-state index in [1.54, 1.807) is 0 Å². The van der Waals surface area contributed by atoms with E-state index in [0.29, 0.717) is 12.1 Å². The van der Waals surface area contributed by atoms with Crippen molar-refractivity contribution in [3.05, 3.63) is 30.0 Å². The topological polar surface area (TPSA) is 41.1 Å². The van der Waals surface area contributed by atoms with E-state index in [1.807, 2.05) is 6.92 Å². The Morgan fingerprint density at radius 3 is 2.76 bits per heavy atom. The average molecular weight is 284 g/mol. The highest BCUT2D eigenvalue weighted by molar-refractivity contribution is 5.92. The Bertz CT molecular complexity index is 623. The predicted molar refractivity (Wildman–Crippen MR) is 87.6 cm³/mol. The van der Waals surface area contributed by atoms with Gasteiger partial charge in [0.15, 0.2) is 5.82 Å². The number of likely N-dealkylation sites (tertiary alicyclic amines) is 1. The van der Waals surface area contributed by atoms with Gasteiger partial charge < -0.3 is 5.32 Å². The normalized spacial score (nSPS) is 19.5. The Labute approximate surface area is 126 Å². The molecule has 0 aliphatic carbocycles. The zero-order valence-electron chi connectivity index (χ0n) is 13.1. The summed E-state index contributed by atoms with van der Waals surface area (Å²) in [5.41, 5.74) is 0.987. The Morgan fingerprint density at radius 1 is 1.24 bits per heavy atom. The number of nitrogens with one attached hydrogen (secondary N) is 1. The highest BCUT2D eigenvalue weighted by Gasteiger charge is 2.26. The molecule has 1 N–H and O–H groups in total. The van der Waals surface area contributed by atoms with Crippen molar-refractivity contribution >= 4 is 16.6 Å². The van der Waals surface area contributed by atoms with Crippen molar-refractivity contribution in [2.75, 3.05) is 18.4 Å². The molecule has 4 nitrogen and oxygen atoms in total. The lowest BCUT2D eigenvalue weighted by Crippen LogP contribution is -2.39. The number of aromatic nitrogens is 2. The Balaban J connectivity index is 1.78. The van der Waals surface area contributed by atoms with Crippen molar-refractivity contribution in [2.45, 2.75) is 45.7 Å². The van der Waals surface area contributed by atoms with Crippen molar-refractivity contribution in [1.29, 1.82) is 0 Å². The van der Waals surface area contributed by atoms with Crippen molar-refractivity contribution < 1.29 is 0 Å². The van der Waals surface area contributed by atoms with Gasteiger partial charge in [0.25, 0.3) is 0 Å². The van der Waals surface area contributed by atoms with E-state index < -0.39 is 0 Å². The van der Waals surface area contributed by atoms with Crippen LogP contribution in [0.4, 0.5) is 5.82 Å². The fraction of sp³-hybridized carbons (Fsp3) is 0.529. The first kappa shape index (κ1) is 14.3. The molecule has 1 aliphatic heterocycles. The quantitative estimate of drug-likeness (QED) is 0.936. The molecule has 1 aromatic heterocycles. The van der Waals surface area contributed by atoms with Crippen molar-refractivity contribution in [3.8, 4) is 0 Å². The maximum absolute atomic E-state index is 4.36. The molecular weight excluding hydrogens is 260 g/mol. The van der Waals surface area contributed by atoms with E-state index in [-0.39, 0.29) is 0 Å². The molecule has 3 rings (SSSR count). The summed E-state index contributed by atoms with van der Waals surface area (Å²) in [6.07, 6.45) is 2.56. The molecule has 1 saturated heterocycles. The summed E-state index contributed by atoms with van der Waals surface area (Å²) in [4.78, 5) is 2.58. The van der Waals surface area contributed by atoms with E-state index in [2.05, 4.69) is 58.5 Å². The summed E-state index contributed by atoms with van der Waals surface area (Å²) in [5.74, 6) is 0.909. The van der Waals surface area contributed by atoms with Gasteiger partial charge in [-0.1, -0.05) is 24.3 Å². The summed E-state index contributed by atoms with van der Waals surface area (Å²) in [5, 5.41) is 14.5. The van der Waals surface area contributed by atoms with Crippen LogP contribution in [0.15, 0.2) is 24.3 Å². The van der Waals surface area contributed by atoms with E-state index >= 15 is 0 Å². The lowest BCUT2D eigenvalue weighted by atomic mass is 10.1. The van der Waals surface area contributed by atoms with Gasteiger partial charge in [-0.2, -0.15) is 5.10 Å². The summed E-state index contributed by atoms with van der Waals surface area (Å²) in [6.45, 7) is 8.72. The number of fused-ring (bicyclic) bond motifs is 1. The largest absolute Gasteiger partial charge is 0.366 e. The van der Waals surface area contributed by atoms with Crippen molar-refractivity contribution in [2.24, 2.45) is 0 Å². The molecule has 0 radical (unpaired) electrons. The van der Waals surface area contributed by atoms with Crippen LogP contribution in [0.25, 0.3) is 10.8 Å². The monoisotopic (exact) mass is 284 g/mol. The second kappa shape index (κ2) is 5.98. The van der Waals surface area contributed by atoms with Gasteiger partial charge in [0.1, 0.15) is 0 Å². The number of rotatable bonds is 4. The molecular formula is C17H24N4. The molecule has 2 aromatic rings. The third kappa shape index (κ3) is 2.86. The molecule has 1 aromatic carbocycles. The average Bonchev–Trinajstić information content (AvgIpc) is 2.96. The maximum atomic E-state index is 4.36. The molecule has 21 heavy (non-hydrogen) atoms. The molecule has 4 heteroatoms. The summed E-state index contributed by atoms with van der Waals surface area (Å²) in [6, 6.07) is 9.56. The lowest BCUT2D eigenvalue weighted by molar-refractivity contribution is 0.211. The Hall–Kier alpha value is -1.68. The van der Waals surface area contributed by atoms with E-state index in [4.69, 9.17) is 0 Å². The molecule has 2 heterocycles. The van der Waals surface area contributed by atoms with Gasteiger partial charge in [0.05, 0.1) is 5.69 Å². The minimum absolute atomic E-state index is 0.604. The summed E-state index contributed by atoms with van der Waals surface area (Å²) < 4.78 is 0. The van der Waals surface area contributed by atoms with Gasteiger partial charge in [0.2, 0.25) is 0 Å². The third-order valence-corrected chi connectivity index (χ3v) is 4.46. The molecule has 0 bridgehead atoms. The minimum atomic E-state index is 0.604. The van der Waals surface area contributed by atoms with Crippen LogP contribution in [-0.2, 0) is 0 Å². The first-order chi connectivity index (χ1) is 10.2. The summed E-state index contributed by atoms with van der Waals surface area (Å²) in [7, 11) is 0. The molecule has 0 amide bonds. The van der Waals surface area contributed by atoms with Crippen molar-refractivity contribution in [1.82, 2.24) is 15.1 Å². The molecule has 1 aliphatic rings. The number of hydrogen-bond acceptors (Lipinski definition) is 4. The maximum Gasteiger partial charge on any atom is 0.156 e. The van der Waals surface area contributed by atoms with E-state index in [0.717, 1.165) is 18.1 Å². The van der Waals surface area contributed by atoms with Crippen LogP contribution in [0, 0.1) is 6.92 Å². The smallest absolute Gasteiger partial charge is 0.156 e. The number of anilines is 1. The van der Waals surface area contributed by atoms with Crippen LogP contribution in [0.5, 0.6) is 0 Å². The van der Waals surface area contributed by atoms with Crippen molar-refractivity contribution in [3.63, 3.8) is 0 Å². The van der Waals surface area contributed by atoms with Crippen LogP contribution in [-0.4, -0.2) is 40.3 Å². The fourth-order valence-corrected chi connectivity index (χ4v) is 3.34. The van der Waals surface area contributed by atoms with Gasteiger partial charge in [-0.05, 0) is 40.2 Å². The first-order valence-electron chi connectivity index (χ1n) is 7.88. The van der Waals surface area contributed by atoms with Gasteiger partial charge in [-0.25, -0.2) is 0 Å². The van der Waals surface area contributed by atoms with Gasteiger partial charge in [-0.3, -0.25) is 4.90 Å². The number of aryl methyl sites for hydroxylation is 1. The minimum Gasteiger partial charge on any atom is -0.366 e. The first-order valence-corrected chi connectivity index (χ1v) is 7.88. The van der Waals surface area contributed by atoms with E-state index in [1.165, 1.54) is 30.2 Å². The van der Waals surface area contributed by atoms with Crippen LogP contribution >= 0.6 is 0 Å². The van der Waals surface area contributed by atoms with Gasteiger partial charge in [0, 0.05) is 29.4 Å². The Kier molecular flexibility index (Phi) is 4.06. The molecule has 0 saturated carbocycles. The standard InChI is InChI=1S/C17H24N4/c1-12(2)21-10-6-7-14(21)11-18-17-16-9-5-4-8-15(16)13(3)19-20-17/h4-5,8-9,12,14H,6-7,10-11H2,1-3H3,(H,18,20). The lowest BCUT2D eigenvalue weighted by Gasteiger charge is -2.28. The fourth-order valence-electron chi connectivity index (χ4n) is 3.34. The predicted octanol–water partition coefficient (Wildman–Crippen LogP) is 3.22. The van der Waals surface area contributed by atoms with Gasteiger partial charge in [-0.15, -0.1) is 5.10 Å². The molecule has 0 spiro atoms. The second-order valence-electron chi connectivity index (χ2n) is 6.19. The Morgan fingerprint density at radius 2 is 2.00 bits per heavy atom. The van der Waals surface area contributed by atoms with E-state index in [9.17, 15) is 0 Å². The van der Waals surface area contributed by atoms with Crippen LogP contribution in [0.3, 0.4) is 0 Å². The number of hydrogen-bond donors (Lipinski definition) is 1. The molecule has 1 atom stereocenters. The van der Waals surface area contributed by atoms with Crippen LogP contribution in [0.1, 0.15) is 32.4 Å². The highest BCUT2D eigenvalue weighted by Crippen LogP contribution is 2.24. The highest BCUT2D eigenvalue weighted by atomic mass is 15.2. The zero-order chi connectivity index (χ0) is 14.8. The van der Waals surface area contributed by atoms with Crippen LogP contribution in [0.2, 0.25) is 0 Å². The summed E-state index contributed by atoms with van der Waals surface area (Å²) >= 11 is 0. The zero-order valence-corrected chi connectivity index (χ0v) is 13.1. The molecule has 1 unspecified atom stereocenters. The number of nitrogens with zero attached hydrogens (tertiary/aromatic N) is 3. The SMILES string of the molecule is Cc1nnc(NCC2CCCN2C(C)C)c2ccccc12. The van der Waals surface area contributed by atoms with Gasteiger partial charge >= 0.3 is 0 Å². The second-order valence-corrected chi connectivity index (χ2v) is 6.19. The third-order valence-electron chi connectivity index (χ3n) is 4.46. The molecule has 1 fully saturated rings.